The predicted molar refractivity (Wildman–Crippen MR) is 113 cm³/mol. The molecule has 1 N–H and O–H groups in total. The Kier molecular flexibility index (Phi) is 5.63. The van der Waals surface area contributed by atoms with Crippen molar-refractivity contribution in [3.63, 3.8) is 0 Å². The number of ether oxygens (including phenoxy) is 1. The lowest BCUT2D eigenvalue weighted by Crippen LogP contribution is -2.36. The van der Waals surface area contributed by atoms with Crippen molar-refractivity contribution >= 4 is 23.2 Å². The van der Waals surface area contributed by atoms with Crippen molar-refractivity contribution < 1.29 is 18.3 Å². The van der Waals surface area contributed by atoms with E-state index in [9.17, 15) is 19.2 Å². The Morgan fingerprint density at radius 1 is 1.38 bits per heavy atom. The van der Waals surface area contributed by atoms with E-state index < -0.39 is 23.5 Å². The van der Waals surface area contributed by atoms with E-state index in [1.54, 1.807) is 25.2 Å². The number of hydrogen-bond donors (Lipinski definition) is 1. The van der Waals surface area contributed by atoms with Gasteiger partial charge < -0.3 is 14.5 Å². The van der Waals surface area contributed by atoms with Crippen molar-refractivity contribution in [2.45, 2.75) is 12.5 Å². The predicted octanol–water partition coefficient (Wildman–Crippen LogP) is 2.34. The van der Waals surface area contributed by atoms with Crippen LogP contribution in [0.5, 0.6) is 0 Å². The first-order chi connectivity index (χ1) is 15.5. The molecule has 1 unspecified atom stereocenters. The Bertz CT molecular complexity index is 1390. The van der Waals surface area contributed by atoms with Crippen LogP contribution in [0.2, 0.25) is 0 Å². The number of nitrogens with one attached hydrogen (secondary N) is 1. The smallest absolute Gasteiger partial charge is 0.419 e. The number of halogens is 1. The summed E-state index contributed by atoms with van der Waals surface area (Å²) >= 11 is 0. The lowest BCUT2D eigenvalue weighted by molar-refractivity contribution is -0.120. The van der Waals surface area contributed by atoms with Gasteiger partial charge in [0, 0.05) is 43.1 Å². The van der Waals surface area contributed by atoms with Gasteiger partial charge in [-0.15, -0.1) is 0 Å². The summed E-state index contributed by atoms with van der Waals surface area (Å²) in [7, 11) is 1.57. The van der Waals surface area contributed by atoms with E-state index in [0.717, 1.165) is 0 Å². The van der Waals surface area contributed by atoms with Gasteiger partial charge in [-0.1, -0.05) is 0 Å². The van der Waals surface area contributed by atoms with Gasteiger partial charge in [0.2, 0.25) is 5.76 Å². The number of aliphatic imine (C=N–C) groups is 1. The second kappa shape index (κ2) is 8.69. The van der Waals surface area contributed by atoms with Crippen LogP contribution in [-0.2, 0) is 23.0 Å². The summed E-state index contributed by atoms with van der Waals surface area (Å²) < 4.78 is 26.3. The molecule has 1 aliphatic rings. The van der Waals surface area contributed by atoms with Gasteiger partial charge in [0.1, 0.15) is 11.9 Å². The molecule has 0 aliphatic carbocycles. The zero-order chi connectivity index (χ0) is 22.7. The van der Waals surface area contributed by atoms with Crippen LogP contribution in [0, 0.1) is 17.1 Å². The first-order valence-corrected chi connectivity index (χ1v) is 9.46. The number of carbonyl (C=O) groups excluding carboxylic acids is 1. The molecule has 32 heavy (non-hydrogen) atoms. The second-order valence-corrected chi connectivity index (χ2v) is 6.87. The summed E-state index contributed by atoms with van der Waals surface area (Å²) in [6.45, 7) is 0. The topological polar surface area (TPSA) is 123 Å². The van der Waals surface area contributed by atoms with Gasteiger partial charge in [0.15, 0.2) is 5.58 Å². The maximum atomic E-state index is 14.8. The molecule has 1 atom stereocenters. The molecule has 0 saturated heterocycles. The van der Waals surface area contributed by atoms with E-state index in [-0.39, 0.29) is 17.7 Å². The van der Waals surface area contributed by atoms with Crippen molar-refractivity contribution in [2.75, 3.05) is 0 Å². The number of fused-ring (bicyclic) bond motifs is 1. The third kappa shape index (κ3) is 4.17. The third-order valence-corrected chi connectivity index (χ3v) is 4.76. The van der Waals surface area contributed by atoms with Crippen LogP contribution in [-0.4, -0.2) is 27.7 Å². The number of nitriles is 1. The highest BCUT2D eigenvalue weighted by Gasteiger charge is 2.19. The lowest BCUT2D eigenvalue weighted by atomic mass is 10.1. The largest absolute Gasteiger partial charge is 0.458 e. The van der Waals surface area contributed by atoms with Crippen molar-refractivity contribution in [1.82, 2.24) is 14.9 Å². The van der Waals surface area contributed by atoms with Crippen LogP contribution in [0.4, 0.5) is 4.39 Å². The van der Waals surface area contributed by atoms with E-state index in [4.69, 9.17) is 9.15 Å². The summed E-state index contributed by atoms with van der Waals surface area (Å²) in [6.07, 6.45) is 6.66. The van der Waals surface area contributed by atoms with E-state index in [1.807, 2.05) is 6.07 Å². The number of allylic oxidation sites excluding steroid dienone is 1. The van der Waals surface area contributed by atoms with Gasteiger partial charge in [-0.3, -0.25) is 19.3 Å². The molecule has 160 valence electrons. The first kappa shape index (κ1) is 20.7. The molecule has 0 spiro atoms. The fourth-order valence-electron chi connectivity index (χ4n) is 3.08. The molecule has 9 nitrogen and oxygen atoms in total. The molecule has 3 heterocycles. The Hall–Kier alpha value is -4.52. The summed E-state index contributed by atoms with van der Waals surface area (Å²) in [5.41, 5.74) is 2.07. The first-order valence-electron chi connectivity index (χ1n) is 9.46. The standard InChI is InChI=1S/C22H16FN5O4/c1-28-18-8-13(3-4-19(18)32-22(28)30)17-9-16(23)14(11-26-17)7-15(10-24)27-21(29)20-12-25-5-2-6-31-20/h2-6,8-9,11-12,15H,7H2,1H3,(H,27,29). The van der Waals surface area contributed by atoms with Crippen molar-refractivity contribution in [3.05, 3.63) is 76.7 Å². The van der Waals surface area contributed by atoms with Gasteiger partial charge >= 0.3 is 5.76 Å². The molecule has 1 amide bonds. The lowest BCUT2D eigenvalue weighted by Gasteiger charge is -2.13. The van der Waals surface area contributed by atoms with Crippen LogP contribution in [0.3, 0.4) is 0 Å². The minimum Gasteiger partial charge on any atom is -0.458 e. The second-order valence-electron chi connectivity index (χ2n) is 6.87. The molecule has 4 rings (SSSR count). The van der Waals surface area contributed by atoms with E-state index in [1.165, 1.54) is 41.6 Å². The van der Waals surface area contributed by atoms with Crippen molar-refractivity contribution in [2.24, 2.45) is 12.0 Å². The Balaban J connectivity index is 1.52. The Morgan fingerprint density at radius 2 is 2.22 bits per heavy atom. The summed E-state index contributed by atoms with van der Waals surface area (Å²) in [6, 6.07) is 7.12. The molecule has 0 fully saturated rings. The monoisotopic (exact) mass is 433 g/mol. The number of benzene rings is 1. The molecular weight excluding hydrogens is 417 g/mol. The Labute approximate surface area is 180 Å². The number of carbonyl (C=O) groups is 1. The molecule has 0 bridgehead atoms. The number of hydrogen-bond acceptors (Lipinski definition) is 7. The number of nitrogens with zero attached hydrogens (tertiary/aromatic N) is 4. The zero-order valence-corrected chi connectivity index (χ0v) is 16.8. The number of aromatic nitrogens is 2. The van der Waals surface area contributed by atoms with Gasteiger partial charge in [-0.2, -0.15) is 5.26 Å². The number of aryl methyl sites for hydroxylation is 1. The molecule has 1 aliphatic heterocycles. The number of amides is 1. The van der Waals surface area contributed by atoms with Crippen LogP contribution in [0.1, 0.15) is 5.56 Å². The third-order valence-electron chi connectivity index (χ3n) is 4.76. The number of pyridine rings is 1. The minimum absolute atomic E-state index is 0.0896. The van der Waals surface area contributed by atoms with Gasteiger partial charge in [0.05, 0.1) is 29.7 Å². The highest BCUT2D eigenvalue weighted by molar-refractivity contribution is 5.92. The van der Waals surface area contributed by atoms with Crippen LogP contribution >= 0.6 is 0 Å². The molecule has 10 heteroatoms. The number of oxazole rings is 1. The average Bonchev–Trinajstić information content (AvgIpc) is 2.97. The van der Waals surface area contributed by atoms with Gasteiger partial charge in [0.25, 0.3) is 5.91 Å². The molecular formula is C22H16FN5O4. The minimum atomic E-state index is -1.01. The molecule has 0 saturated carbocycles. The van der Waals surface area contributed by atoms with E-state index >= 15 is 0 Å². The van der Waals surface area contributed by atoms with Gasteiger partial charge in [-0.25, -0.2) is 9.18 Å². The van der Waals surface area contributed by atoms with Gasteiger partial charge in [-0.05, 0) is 24.3 Å². The van der Waals surface area contributed by atoms with E-state index in [2.05, 4.69) is 15.3 Å². The quantitative estimate of drug-likeness (QED) is 0.659. The zero-order valence-electron chi connectivity index (χ0n) is 16.8. The maximum Gasteiger partial charge on any atom is 0.419 e. The highest BCUT2D eigenvalue weighted by atomic mass is 19.1. The van der Waals surface area contributed by atoms with Crippen LogP contribution in [0.25, 0.3) is 22.4 Å². The fourth-order valence-corrected chi connectivity index (χ4v) is 3.08. The summed E-state index contributed by atoms with van der Waals surface area (Å²) in [5, 5.41) is 11.9. The molecule has 3 aromatic rings. The number of rotatable bonds is 5. The SMILES string of the molecule is Cn1c(=O)oc2ccc(-c3cc(F)c(CC(C#N)NC(=O)C4=CN=CC=CO4)cn3)cc21. The molecule has 2 aromatic heterocycles. The average molecular weight is 433 g/mol. The van der Waals surface area contributed by atoms with E-state index in [0.29, 0.717) is 22.4 Å². The van der Waals surface area contributed by atoms with Crippen molar-refractivity contribution in [1.29, 1.82) is 5.26 Å². The van der Waals surface area contributed by atoms with Crippen molar-refractivity contribution in [3.8, 4) is 17.3 Å². The maximum absolute atomic E-state index is 14.8. The summed E-state index contributed by atoms with van der Waals surface area (Å²) in [4.78, 5) is 32.0. The molecule has 0 radical (unpaired) electrons. The molecule has 1 aromatic carbocycles. The normalized spacial score (nSPS) is 13.7. The highest BCUT2D eigenvalue weighted by Crippen LogP contribution is 2.24. The summed E-state index contributed by atoms with van der Waals surface area (Å²) in [5.74, 6) is -1.82. The van der Waals surface area contributed by atoms with Crippen LogP contribution < -0.4 is 11.1 Å². The van der Waals surface area contributed by atoms with Crippen LogP contribution in [0.15, 0.2) is 69.0 Å². The Morgan fingerprint density at radius 3 is 3.00 bits per heavy atom. The fraction of sp³-hybridized carbons (Fsp3) is 0.136.